The summed E-state index contributed by atoms with van der Waals surface area (Å²) in [6, 6.07) is 0.705. The Morgan fingerprint density at radius 1 is 1.47 bits per heavy atom. The van der Waals surface area contributed by atoms with Crippen molar-refractivity contribution in [1.82, 2.24) is 15.0 Å². The minimum absolute atomic E-state index is 0.277. The first-order chi connectivity index (χ1) is 8.24. The van der Waals surface area contributed by atoms with E-state index >= 15 is 0 Å². The molecule has 0 bridgehead atoms. The average molecular weight is 237 g/mol. The molecule has 0 spiro atoms. The van der Waals surface area contributed by atoms with Crippen molar-refractivity contribution in [2.45, 2.75) is 57.7 Å². The maximum atomic E-state index is 6.22. The summed E-state index contributed by atoms with van der Waals surface area (Å²) in [5.41, 5.74) is 6.22. The second kappa shape index (κ2) is 5.49. The number of rotatable bonds is 4. The Morgan fingerprint density at radius 3 is 2.94 bits per heavy atom. The van der Waals surface area contributed by atoms with Gasteiger partial charge >= 0.3 is 0 Å². The molecule has 1 aliphatic carbocycles. The zero-order chi connectivity index (χ0) is 12.3. The highest BCUT2D eigenvalue weighted by Crippen LogP contribution is 2.24. The van der Waals surface area contributed by atoms with Gasteiger partial charge in [0.1, 0.15) is 5.82 Å². The zero-order valence-electron chi connectivity index (χ0n) is 10.8. The minimum Gasteiger partial charge on any atom is -0.354 e. The van der Waals surface area contributed by atoms with Gasteiger partial charge in [0, 0.05) is 25.7 Å². The van der Waals surface area contributed by atoms with Gasteiger partial charge in [-0.25, -0.2) is 4.68 Å². The molecule has 5 heteroatoms. The second-order valence-corrected chi connectivity index (χ2v) is 4.94. The molecule has 2 N–H and O–H groups in total. The molecule has 5 nitrogen and oxygen atoms in total. The van der Waals surface area contributed by atoms with Gasteiger partial charge in [-0.15, -0.1) is 5.10 Å². The van der Waals surface area contributed by atoms with Crippen LogP contribution in [0.25, 0.3) is 0 Å². The van der Waals surface area contributed by atoms with Crippen LogP contribution < -0.4 is 10.6 Å². The molecule has 1 saturated carbocycles. The van der Waals surface area contributed by atoms with Crippen LogP contribution in [0.3, 0.4) is 0 Å². The molecular weight excluding hydrogens is 214 g/mol. The maximum Gasteiger partial charge on any atom is 0.147 e. The molecule has 1 fully saturated rings. The van der Waals surface area contributed by atoms with Crippen LogP contribution in [0, 0.1) is 0 Å². The standard InChI is InChI=1S/C12H23N5/c1-3-8-17-12(9-14-15-17)16(2)11-7-5-4-6-10(11)13/h9-11H,3-8,13H2,1-2H3. The van der Waals surface area contributed by atoms with E-state index in [4.69, 9.17) is 5.73 Å². The number of likely N-dealkylation sites (N-methyl/N-ethyl adjacent to an activating group) is 1. The van der Waals surface area contributed by atoms with Crippen LogP contribution in [-0.2, 0) is 6.54 Å². The number of nitrogens with two attached hydrogens (primary N) is 1. The number of hydrogen-bond donors (Lipinski definition) is 1. The summed E-state index contributed by atoms with van der Waals surface area (Å²) in [6.07, 6.45) is 7.76. The fourth-order valence-electron chi connectivity index (χ4n) is 2.69. The molecular formula is C12H23N5. The Bertz CT molecular complexity index is 348. The largest absolute Gasteiger partial charge is 0.354 e. The molecule has 0 saturated heterocycles. The summed E-state index contributed by atoms with van der Waals surface area (Å²) >= 11 is 0. The van der Waals surface area contributed by atoms with Gasteiger partial charge in [-0.3, -0.25) is 0 Å². The van der Waals surface area contributed by atoms with E-state index in [1.807, 2.05) is 10.9 Å². The number of aryl methyl sites for hydroxylation is 1. The lowest BCUT2D eigenvalue weighted by molar-refractivity contribution is 0.369. The Morgan fingerprint density at radius 2 is 2.24 bits per heavy atom. The SMILES string of the molecule is CCCn1nncc1N(C)C1CCCCC1N. The number of nitrogens with zero attached hydrogens (tertiary/aromatic N) is 4. The van der Waals surface area contributed by atoms with E-state index in [2.05, 4.69) is 29.2 Å². The lowest BCUT2D eigenvalue weighted by Gasteiger charge is -2.36. The Hall–Kier alpha value is -1.10. The lowest BCUT2D eigenvalue weighted by Crippen LogP contribution is -2.48. The summed E-state index contributed by atoms with van der Waals surface area (Å²) in [5, 5.41) is 8.14. The molecule has 0 radical (unpaired) electrons. The van der Waals surface area contributed by atoms with Gasteiger partial charge in [0.15, 0.2) is 0 Å². The summed E-state index contributed by atoms with van der Waals surface area (Å²) in [7, 11) is 2.11. The highest BCUT2D eigenvalue weighted by molar-refractivity contribution is 5.37. The van der Waals surface area contributed by atoms with Crippen molar-refractivity contribution in [2.24, 2.45) is 5.73 Å². The fourth-order valence-corrected chi connectivity index (χ4v) is 2.69. The summed E-state index contributed by atoms with van der Waals surface area (Å²) < 4.78 is 1.97. The van der Waals surface area contributed by atoms with E-state index in [0.717, 1.165) is 25.2 Å². The molecule has 0 aliphatic heterocycles. The van der Waals surface area contributed by atoms with Gasteiger partial charge in [-0.1, -0.05) is 25.0 Å². The predicted octanol–water partition coefficient (Wildman–Crippen LogP) is 1.39. The maximum absolute atomic E-state index is 6.22. The summed E-state index contributed by atoms with van der Waals surface area (Å²) in [6.45, 7) is 3.07. The van der Waals surface area contributed by atoms with Crippen LogP contribution in [0.2, 0.25) is 0 Å². The van der Waals surface area contributed by atoms with Crippen molar-refractivity contribution in [3.05, 3.63) is 6.20 Å². The molecule has 1 aromatic heterocycles. The lowest BCUT2D eigenvalue weighted by atomic mass is 9.90. The third-order valence-corrected chi connectivity index (χ3v) is 3.67. The Labute approximate surface area is 103 Å². The zero-order valence-corrected chi connectivity index (χ0v) is 10.8. The van der Waals surface area contributed by atoms with Crippen LogP contribution in [0.4, 0.5) is 5.82 Å². The monoisotopic (exact) mass is 237 g/mol. The van der Waals surface area contributed by atoms with Gasteiger partial charge in [-0.05, 0) is 19.3 Å². The normalized spacial score (nSPS) is 24.9. The van der Waals surface area contributed by atoms with Crippen molar-refractivity contribution in [2.75, 3.05) is 11.9 Å². The van der Waals surface area contributed by atoms with Gasteiger partial charge in [-0.2, -0.15) is 0 Å². The van der Waals surface area contributed by atoms with Crippen LogP contribution >= 0.6 is 0 Å². The van der Waals surface area contributed by atoms with E-state index in [1.54, 1.807) is 0 Å². The van der Waals surface area contributed by atoms with E-state index < -0.39 is 0 Å². The average Bonchev–Trinajstić information content (AvgIpc) is 2.78. The third kappa shape index (κ3) is 2.60. The van der Waals surface area contributed by atoms with E-state index in [1.165, 1.54) is 19.3 Å². The van der Waals surface area contributed by atoms with Gasteiger partial charge in [0.25, 0.3) is 0 Å². The molecule has 2 atom stereocenters. The molecule has 0 amide bonds. The highest BCUT2D eigenvalue weighted by Gasteiger charge is 2.27. The molecule has 1 aliphatic rings. The second-order valence-electron chi connectivity index (χ2n) is 4.94. The molecule has 96 valence electrons. The van der Waals surface area contributed by atoms with Crippen molar-refractivity contribution >= 4 is 5.82 Å². The Kier molecular flexibility index (Phi) is 3.99. The van der Waals surface area contributed by atoms with Crippen molar-refractivity contribution in [3.8, 4) is 0 Å². The van der Waals surface area contributed by atoms with E-state index in [9.17, 15) is 0 Å². The van der Waals surface area contributed by atoms with Gasteiger partial charge < -0.3 is 10.6 Å². The van der Waals surface area contributed by atoms with E-state index in [-0.39, 0.29) is 6.04 Å². The molecule has 2 rings (SSSR count). The number of hydrogen-bond acceptors (Lipinski definition) is 4. The number of anilines is 1. The van der Waals surface area contributed by atoms with Gasteiger partial charge in [0.05, 0.1) is 6.20 Å². The Balaban J connectivity index is 2.11. The number of aromatic nitrogens is 3. The topological polar surface area (TPSA) is 60.0 Å². The molecule has 17 heavy (non-hydrogen) atoms. The molecule has 1 aromatic rings. The predicted molar refractivity (Wildman–Crippen MR) is 68.9 cm³/mol. The van der Waals surface area contributed by atoms with Crippen LogP contribution in [0.1, 0.15) is 39.0 Å². The highest BCUT2D eigenvalue weighted by atomic mass is 15.5. The fraction of sp³-hybridized carbons (Fsp3) is 0.833. The smallest absolute Gasteiger partial charge is 0.147 e. The van der Waals surface area contributed by atoms with Gasteiger partial charge in [0.2, 0.25) is 0 Å². The first-order valence-corrected chi connectivity index (χ1v) is 6.61. The first-order valence-electron chi connectivity index (χ1n) is 6.61. The van der Waals surface area contributed by atoms with Crippen molar-refractivity contribution in [3.63, 3.8) is 0 Å². The van der Waals surface area contributed by atoms with Crippen LogP contribution in [0.5, 0.6) is 0 Å². The van der Waals surface area contributed by atoms with Crippen LogP contribution in [-0.4, -0.2) is 34.1 Å². The summed E-state index contributed by atoms with van der Waals surface area (Å²) in [5.74, 6) is 1.09. The molecule has 1 heterocycles. The molecule has 2 unspecified atom stereocenters. The quantitative estimate of drug-likeness (QED) is 0.859. The van der Waals surface area contributed by atoms with Crippen molar-refractivity contribution < 1.29 is 0 Å². The van der Waals surface area contributed by atoms with Crippen molar-refractivity contribution in [1.29, 1.82) is 0 Å². The minimum atomic E-state index is 0.277. The third-order valence-electron chi connectivity index (χ3n) is 3.67. The molecule has 0 aromatic carbocycles. The van der Waals surface area contributed by atoms with E-state index in [0.29, 0.717) is 6.04 Å². The first kappa shape index (κ1) is 12.4. The van der Waals surface area contributed by atoms with Crippen LogP contribution in [0.15, 0.2) is 6.20 Å². The summed E-state index contributed by atoms with van der Waals surface area (Å²) in [4.78, 5) is 2.26.